The molecular weight excluding hydrogens is 362 g/mol. The van der Waals surface area contributed by atoms with E-state index in [4.69, 9.17) is 16.3 Å². The van der Waals surface area contributed by atoms with Crippen molar-refractivity contribution in [1.82, 2.24) is 0 Å². The maximum atomic E-state index is 6.19. The molecule has 1 aliphatic rings. The lowest BCUT2D eigenvalue weighted by Crippen LogP contribution is -2.15. The third kappa shape index (κ3) is 2.27. The van der Waals surface area contributed by atoms with Gasteiger partial charge in [0.15, 0.2) is 11.5 Å². The van der Waals surface area contributed by atoms with Gasteiger partial charge in [-0.25, -0.2) is 0 Å². The van der Waals surface area contributed by atoms with E-state index in [0.29, 0.717) is 5.02 Å². The van der Waals surface area contributed by atoms with Gasteiger partial charge in [0, 0.05) is 15.2 Å². The molecule has 4 rings (SSSR count). The Kier molecular flexibility index (Phi) is 3.32. The highest BCUT2D eigenvalue weighted by molar-refractivity contribution is 9.10. The molecule has 1 aliphatic heterocycles. The molecule has 0 atom stereocenters. The van der Waals surface area contributed by atoms with Gasteiger partial charge in [0.25, 0.3) is 0 Å². The van der Waals surface area contributed by atoms with Crippen molar-refractivity contribution < 1.29 is 4.74 Å². The molecule has 0 spiro atoms. The molecule has 22 heavy (non-hydrogen) atoms. The normalized spacial score (nSPS) is 12.4. The second-order valence-electron chi connectivity index (χ2n) is 5.00. The fourth-order valence-electron chi connectivity index (χ4n) is 2.61. The van der Waals surface area contributed by atoms with Crippen molar-refractivity contribution >= 4 is 44.6 Å². The van der Waals surface area contributed by atoms with Crippen LogP contribution >= 0.6 is 27.5 Å². The summed E-state index contributed by atoms with van der Waals surface area (Å²) in [6, 6.07) is 21.9. The second kappa shape index (κ2) is 5.34. The monoisotopic (exact) mass is 371 g/mol. The molecule has 0 radical (unpaired) electrons. The van der Waals surface area contributed by atoms with Crippen LogP contribution in [0, 0.1) is 0 Å². The van der Waals surface area contributed by atoms with E-state index in [0.717, 1.165) is 33.0 Å². The minimum absolute atomic E-state index is 0.684. The molecule has 0 unspecified atom stereocenters. The zero-order valence-electron chi connectivity index (χ0n) is 11.5. The standard InChI is InChI=1S/C18H11BrClNO/c19-12-6-8-15-18(10-12)22-17-9-7-13(20)11-16(17)21(15)14-4-2-1-3-5-14/h1-11H. The summed E-state index contributed by atoms with van der Waals surface area (Å²) in [5.74, 6) is 1.60. The Balaban J connectivity index is 1.98. The number of rotatable bonds is 1. The summed E-state index contributed by atoms with van der Waals surface area (Å²) >= 11 is 9.69. The van der Waals surface area contributed by atoms with Gasteiger partial charge in [0.1, 0.15) is 0 Å². The molecule has 0 aromatic heterocycles. The summed E-state index contributed by atoms with van der Waals surface area (Å²) < 4.78 is 7.02. The molecule has 0 amide bonds. The van der Waals surface area contributed by atoms with Crippen LogP contribution in [0.25, 0.3) is 0 Å². The smallest absolute Gasteiger partial charge is 0.152 e. The number of fused-ring (bicyclic) bond motifs is 2. The van der Waals surface area contributed by atoms with E-state index in [1.54, 1.807) is 0 Å². The lowest BCUT2D eigenvalue weighted by Gasteiger charge is -2.33. The van der Waals surface area contributed by atoms with Gasteiger partial charge >= 0.3 is 0 Å². The van der Waals surface area contributed by atoms with Crippen LogP contribution in [-0.2, 0) is 0 Å². The van der Waals surface area contributed by atoms with Crippen LogP contribution in [0.4, 0.5) is 17.1 Å². The fourth-order valence-corrected chi connectivity index (χ4v) is 3.12. The molecule has 1 heterocycles. The van der Waals surface area contributed by atoms with Crippen LogP contribution in [0.1, 0.15) is 0 Å². The van der Waals surface area contributed by atoms with Crippen molar-refractivity contribution in [2.24, 2.45) is 0 Å². The minimum atomic E-state index is 0.684. The molecule has 4 heteroatoms. The lowest BCUT2D eigenvalue weighted by atomic mass is 10.1. The highest BCUT2D eigenvalue weighted by Gasteiger charge is 2.26. The molecule has 0 aliphatic carbocycles. The maximum Gasteiger partial charge on any atom is 0.152 e. The molecule has 0 saturated carbocycles. The van der Waals surface area contributed by atoms with E-state index >= 15 is 0 Å². The molecule has 2 nitrogen and oxygen atoms in total. The average Bonchev–Trinajstić information content (AvgIpc) is 2.53. The number of hydrogen-bond donors (Lipinski definition) is 0. The molecule has 0 saturated heterocycles. The Morgan fingerprint density at radius 1 is 0.818 bits per heavy atom. The van der Waals surface area contributed by atoms with Crippen LogP contribution in [0.2, 0.25) is 5.02 Å². The summed E-state index contributed by atoms with van der Waals surface area (Å²) in [5.41, 5.74) is 3.00. The number of nitrogens with zero attached hydrogens (tertiary/aromatic N) is 1. The summed E-state index contributed by atoms with van der Waals surface area (Å²) in [7, 11) is 0. The number of anilines is 3. The second-order valence-corrected chi connectivity index (χ2v) is 6.35. The Morgan fingerprint density at radius 2 is 1.64 bits per heavy atom. The Labute approximate surface area is 142 Å². The molecule has 3 aromatic carbocycles. The van der Waals surface area contributed by atoms with Gasteiger partial charge in [-0.05, 0) is 48.5 Å². The predicted molar refractivity (Wildman–Crippen MR) is 93.9 cm³/mol. The van der Waals surface area contributed by atoms with E-state index < -0.39 is 0 Å². The van der Waals surface area contributed by atoms with Gasteiger partial charge in [-0.3, -0.25) is 0 Å². The first-order valence-electron chi connectivity index (χ1n) is 6.84. The van der Waals surface area contributed by atoms with E-state index in [1.165, 1.54) is 0 Å². The van der Waals surface area contributed by atoms with Gasteiger partial charge in [-0.2, -0.15) is 0 Å². The Bertz CT molecular complexity index is 851. The number of halogens is 2. The molecule has 0 fully saturated rings. The van der Waals surface area contributed by atoms with Gasteiger partial charge in [-0.15, -0.1) is 0 Å². The molecule has 108 valence electrons. The molecular formula is C18H11BrClNO. The Hall–Kier alpha value is -1.97. The highest BCUT2D eigenvalue weighted by atomic mass is 79.9. The van der Waals surface area contributed by atoms with Gasteiger partial charge in [0.05, 0.1) is 11.4 Å². The quantitative estimate of drug-likeness (QED) is 0.369. The van der Waals surface area contributed by atoms with Crippen LogP contribution in [0.5, 0.6) is 11.5 Å². The fraction of sp³-hybridized carbons (Fsp3) is 0. The number of ether oxygens (including phenoxy) is 1. The van der Waals surface area contributed by atoms with Crippen molar-refractivity contribution in [3.8, 4) is 11.5 Å². The summed E-state index contributed by atoms with van der Waals surface area (Å²) in [6.07, 6.45) is 0. The largest absolute Gasteiger partial charge is 0.453 e. The number of para-hydroxylation sites is 1. The first kappa shape index (κ1) is 13.7. The highest BCUT2D eigenvalue weighted by Crippen LogP contribution is 2.51. The third-order valence-corrected chi connectivity index (χ3v) is 4.29. The summed E-state index contributed by atoms with van der Waals surface area (Å²) in [5, 5.41) is 0.684. The van der Waals surface area contributed by atoms with Gasteiger partial charge in [0.2, 0.25) is 0 Å². The average molecular weight is 373 g/mol. The predicted octanol–water partition coefficient (Wildman–Crippen LogP) is 6.68. The first-order chi connectivity index (χ1) is 10.7. The summed E-state index contributed by atoms with van der Waals surface area (Å²) in [4.78, 5) is 2.16. The summed E-state index contributed by atoms with van der Waals surface area (Å²) in [6.45, 7) is 0. The zero-order chi connectivity index (χ0) is 15.1. The van der Waals surface area contributed by atoms with Crippen LogP contribution in [0.3, 0.4) is 0 Å². The lowest BCUT2D eigenvalue weighted by molar-refractivity contribution is 0.476. The van der Waals surface area contributed by atoms with Crippen molar-refractivity contribution in [1.29, 1.82) is 0 Å². The molecule has 0 N–H and O–H groups in total. The van der Waals surface area contributed by atoms with Crippen molar-refractivity contribution in [2.75, 3.05) is 4.90 Å². The van der Waals surface area contributed by atoms with Crippen LogP contribution < -0.4 is 9.64 Å². The Morgan fingerprint density at radius 3 is 2.45 bits per heavy atom. The van der Waals surface area contributed by atoms with Gasteiger partial charge in [-0.1, -0.05) is 45.7 Å². The third-order valence-electron chi connectivity index (χ3n) is 3.56. The van der Waals surface area contributed by atoms with E-state index in [9.17, 15) is 0 Å². The van der Waals surface area contributed by atoms with E-state index in [1.807, 2.05) is 54.6 Å². The molecule has 3 aromatic rings. The number of benzene rings is 3. The van der Waals surface area contributed by atoms with Crippen LogP contribution in [0.15, 0.2) is 71.2 Å². The van der Waals surface area contributed by atoms with Crippen molar-refractivity contribution in [3.05, 3.63) is 76.2 Å². The van der Waals surface area contributed by atoms with E-state index in [-0.39, 0.29) is 0 Å². The zero-order valence-corrected chi connectivity index (χ0v) is 13.8. The van der Waals surface area contributed by atoms with E-state index in [2.05, 4.69) is 33.0 Å². The SMILES string of the molecule is Clc1ccc2c(c1)N(c1ccccc1)c1ccc(Br)cc1O2. The van der Waals surface area contributed by atoms with Crippen LogP contribution in [-0.4, -0.2) is 0 Å². The van der Waals surface area contributed by atoms with Gasteiger partial charge < -0.3 is 9.64 Å². The number of hydrogen-bond acceptors (Lipinski definition) is 2. The first-order valence-corrected chi connectivity index (χ1v) is 8.01. The van der Waals surface area contributed by atoms with Crippen molar-refractivity contribution in [2.45, 2.75) is 0 Å². The maximum absolute atomic E-state index is 6.19. The minimum Gasteiger partial charge on any atom is -0.453 e. The topological polar surface area (TPSA) is 12.5 Å². The van der Waals surface area contributed by atoms with Crippen molar-refractivity contribution in [3.63, 3.8) is 0 Å². The molecule has 0 bridgehead atoms.